The van der Waals surface area contributed by atoms with Gasteiger partial charge in [0.15, 0.2) is 0 Å². The minimum absolute atomic E-state index is 0.0819. The molecule has 0 spiro atoms. The molecule has 0 aliphatic rings. The molecule has 0 saturated heterocycles. The molecule has 1 atom stereocenters. The largest absolute Gasteiger partial charge is 0.391 e. The van der Waals surface area contributed by atoms with E-state index in [1.165, 1.54) is 57.8 Å². The fourth-order valence-corrected chi connectivity index (χ4v) is 2.41. The minimum Gasteiger partial charge on any atom is -0.391 e. The Morgan fingerprint density at radius 1 is 0.857 bits per heavy atom. The van der Waals surface area contributed by atoms with E-state index in [0.717, 1.165) is 12.8 Å². The molecule has 0 radical (unpaired) electrons. The summed E-state index contributed by atoms with van der Waals surface area (Å²) in [5, 5.41) is 12.1. The maximum Gasteiger partial charge on any atom is 0.220 e. The molecule has 3 nitrogen and oxygen atoms in total. The number of amides is 1. The van der Waals surface area contributed by atoms with Crippen molar-refractivity contribution < 1.29 is 9.90 Å². The van der Waals surface area contributed by atoms with Crippen molar-refractivity contribution in [2.24, 2.45) is 0 Å². The quantitative estimate of drug-likeness (QED) is 0.435. The fraction of sp³-hybridized carbons (Fsp3) is 0.944. The first-order valence-corrected chi connectivity index (χ1v) is 9.15. The third-order valence-electron chi connectivity index (χ3n) is 4.01. The van der Waals surface area contributed by atoms with Crippen LogP contribution < -0.4 is 5.32 Å². The Morgan fingerprint density at radius 3 is 1.81 bits per heavy atom. The standard InChI is InChI=1S/C18H37NO2/c1-3-5-6-7-8-9-10-11-12-13-14-15-18(21)19-16-17(20)4-2/h17,20H,3-16H2,1-2H3,(H,19,21). The van der Waals surface area contributed by atoms with E-state index >= 15 is 0 Å². The summed E-state index contributed by atoms with van der Waals surface area (Å²) in [4.78, 5) is 11.5. The van der Waals surface area contributed by atoms with Crippen molar-refractivity contribution in [1.29, 1.82) is 0 Å². The van der Waals surface area contributed by atoms with Gasteiger partial charge in [0.2, 0.25) is 5.91 Å². The van der Waals surface area contributed by atoms with E-state index in [1.54, 1.807) is 0 Å². The highest BCUT2D eigenvalue weighted by atomic mass is 16.3. The zero-order valence-corrected chi connectivity index (χ0v) is 14.3. The monoisotopic (exact) mass is 299 g/mol. The molecule has 3 heteroatoms. The number of aliphatic hydroxyl groups is 1. The molecule has 0 aromatic heterocycles. The van der Waals surface area contributed by atoms with Crippen LogP contribution in [0.2, 0.25) is 0 Å². The second-order valence-corrected chi connectivity index (χ2v) is 6.15. The van der Waals surface area contributed by atoms with Gasteiger partial charge in [-0.15, -0.1) is 0 Å². The van der Waals surface area contributed by atoms with Crippen molar-refractivity contribution in [3.63, 3.8) is 0 Å². The Labute approximate surface area is 131 Å². The fourth-order valence-electron chi connectivity index (χ4n) is 2.41. The molecule has 0 aliphatic carbocycles. The average Bonchev–Trinajstić information content (AvgIpc) is 2.50. The van der Waals surface area contributed by atoms with Gasteiger partial charge in [-0.05, 0) is 12.8 Å². The van der Waals surface area contributed by atoms with Crippen LogP contribution in [0.5, 0.6) is 0 Å². The Balaban J connectivity index is 3.16. The molecule has 0 rings (SSSR count). The molecule has 1 unspecified atom stereocenters. The van der Waals surface area contributed by atoms with E-state index in [0.29, 0.717) is 19.4 Å². The van der Waals surface area contributed by atoms with Crippen molar-refractivity contribution >= 4 is 5.91 Å². The number of carbonyl (C=O) groups excluding carboxylic acids is 1. The second kappa shape index (κ2) is 15.8. The highest BCUT2D eigenvalue weighted by Gasteiger charge is 2.04. The molecule has 0 heterocycles. The average molecular weight is 299 g/mol. The van der Waals surface area contributed by atoms with Crippen molar-refractivity contribution in [2.75, 3.05) is 6.54 Å². The van der Waals surface area contributed by atoms with Crippen molar-refractivity contribution in [1.82, 2.24) is 5.32 Å². The van der Waals surface area contributed by atoms with Gasteiger partial charge in [0, 0.05) is 13.0 Å². The predicted octanol–water partition coefficient (Wildman–Crippen LogP) is 4.57. The third-order valence-corrected chi connectivity index (χ3v) is 4.01. The lowest BCUT2D eigenvalue weighted by Crippen LogP contribution is -2.31. The van der Waals surface area contributed by atoms with Crippen LogP contribution in [0.25, 0.3) is 0 Å². The molecule has 1 amide bonds. The van der Waals surface area contributed by atoms with Crippen molar-refractivity contribution in [3.05, 3.63) is 0 Å². The number of unbranched alkanes of at least 4 members (excludes halogenated alkanes) is 10. The molecular weight excluding hydrogens is 262 g/mol. The zero-order chi connectivity index (χ0) is 15.8. The summed E-state index contributed by atoms with van der Waals surface area (Å²) in [6, 6.07) is 0. The molecule has 126 valence electrons. The van der Waals surface area contributed by atoms with Gasteiger partial charge in [-0.1, -0.05) is 78.1 Å². The summed E-state index contributed by atoms with van der Waals surface area (Å²) < 4.78 is 0. The highest BCUT2D eigenvalue weighted by Crippen LogP contribution is 2.11. The summed E-state index contributed by atoms with van der Waals surface area (Å²) >= 11 is 0. The molecule has 0 bridgehead atoms. The summed E-state index contributed by atoms with van der Waals surface area (Å²) in [5.74, 6) is 0.0819. The number of hydrogen-bond donors (Lipinski definition) is 2. The van der Waals surface area contributed by atoms with Crippen LogP contribution in [0.15, 0.2) is 0 Å². The maximum absolute atomic E-state index is 11.5. The minimum atomic E-state index is -0.397. The van der Waals surface area contributed by atoms with E-state index in [1.807, 2.05) is 6.92 Å². The summed E-state index contributed by atoms with van der Waals surface area (Å²) in [5.41, 5.74) is 0. The van der Waals surface area contributed by atoms with Gasteiger partial charge < -0.3 is 10.4 Å². The van der Waals surface area contributed by atoms with Gasteiger partial charge in [-0.2, -0.15) is 0 Å². The Hall–Kier alpha value is -0.570. The Bertz CT molecular complexity index is 231. The first-order valence-electron chi connectivity index (χ1n) is 9.15. The molecule has 0 saturated carbocycles. The van der Waals surface area contributed by atoms with Crippen LogP contribution >= 0.6 is 0 Å². The lowest BCUT2D eigenvalue weighted by molar-refractivity contribution is -0.121. The number of nitrogens with one attached hydrogen (secondary N) is 1. The van der Waals surface area contributed by atoms with Gasteiger partial charge in [-0.3, -0.25) is 4.79 Å². The van der Waals surface area contributed by atoms with E-state index in [2.05, 4.69) is 12.2 Å². The van der Waals surface area contributed by atoms with E-state index in [9.17, 15) is 9.90 Å². The summed E-state index contributed by atoms with van der Waals surface area (Å²) in [7, 11) is 0. The molecule has 0 fully saturated rings. The highest BCUT2D eigenvalue weighted by molar-refractivity contribution is 5.75. The zero-order valence-electron chi connectivity index (χ0n) is 14.3. The third kappa shape index (κ3) is 15.6. The van der Waals surface area contributed by atoms with E-state index in [4.69, 9.17) is 0 Å². The van der Waals surface area contributed by atoms with Crippen LogP contribution in [0.3, 0.4) is 0 Å². The molecule has 2 N–H and O–H groups in total. The van der Waals surface area contributed by atoms with Crippen molar-refractivity contribution in [3.8, 4) is 0 Å². The lowest BCUT2D eigenvalue weighted by atomic mass is 10.1. The van der Waals surface area contributed by atoms with Crippen LogP contribution in [0, 0.1) is 0 Å². The van der Waals surface area contributed by atoms with Crippen LogP contribution in [-0.2, 0) is 4.79 Å². The Morgan fingerprint density at radius 2 is 1.33 bits per heavy atom. The van der Waals surface area contributed by atoms with Crippen LogP contribution in [0.1, 0.15) is 97.3 Å². The number of rotatable bonds is 15. The molecular formula is C18H37NO2. The van der Waals surface area contributed by atoms with Gasteiger partial charge in [0.25, 0.3) is 0 Å². The number of aliphatic hydroxyl groups excluding tert-OH is 1. The van der Waals surface area contributed by atoms with Crippen LogP contribution in [0.4, 0.5) is 0 Å². The number of carbonyl (C=O) groups is 1. The predicted molar refractivity (Wildman–Crippen MR) is 90.4 cm³/mol. The SMILES string of the molecule is CCCCCCCCCCCCCC(=O)NCC(O)CC. The molecule has 0 aliphatic heterocycles. The normalized spacial score (nSPS) is 12.3. The summed E-state index contributed by atoms with van der Waals surface area (Å²) in [6.07, 6.45) is 15.2. The topological polar surface area (TPSA) is 49.3 Å². The van der Waals surface area contributed by atoms with Gasteiger partial charge in [-0.25, -0.2) is 0 Å². The lowest BCUT2D eigenvalue weighted by Gasteiger charge is -2.09. The van der Waals surface area contributed by atoms with E-state index < -0.39 is 6.10 Å². The maximum atomic E-state index is 11.5. The summed E-state index contributed by atoms with van der Waals surface area (Å²) in [6.45, 7) is 4.57. The molecule has 0 aromatic carbocycles. The smallest absolute Gasteiger partial charge is 0.220 e. The van der Waals surface area contributed by atoms with Gasteiger partial charge in [0.1, 0.15) is 0 Å². The first kappa shape index (κ1) is 20.4. The second-order valence-electron chi connectivity index (χ2n) is 6.15. The first-order chi connectivity index (χ1) is 10.2. The molecule has 0 aromatic rings. The van der Waals surface area contributed by atoms with Crippen LogP contribution in [-0.4, -0.2) is 23.7 Å². The van der Waals surface area contributed by atoms with Gasteiger partial charge in [0.05, 0.1) is 6.10 Å². The van der Waals surface area contributed by atoms with E-state index in [-0.39, 0.29) is 5.91 Å². The number of hydrogen-bond acceptors (Lipinski definition) is 2. The molecule has 21 heavy (non-hydrogen) atoms. The van der Waals surface area contributed by atoms with Gasteiger partial charge >= 0.3 is 0 Å². The van der Waals surface area contributed by atoms with Crippen molar-refractivity contribution in [2.45, 2.75) is 103 Å². The Kier molecular flexibility index (Phi) is 15.4.